The number of anilines is 1. The normalized spacial score (nSPS) is 13.7. The fourth-order valence-corrected chi connectivity index (χ4v) is 3.90. The molecule has 0 atom stereocenters. The van der Waals surface area contributed by atoms with E-state index in [0.717, 1.165) is 49.9 Å². The number of nitro benzene ring substituents is 1. The van der Waals surface area contributed by atoms with Crippen molar-refractivity contribution < 1.29 is 19.2 Å². The van der Waals surface area contributed by atoms with E-state index in [1.165, 1.54) is 12.1 Å². The van der Waals surface area contributed by atoms with Gasteiger partial charge in [0.25, 0.3) is 5.69 Å². The maximum absolute atomic E-state index is 12.7. The van der Waals surface area contributed by atoms with E-state index in [0.29, 0.717) is 17.7 Å². The first-order valence-corrected chi connectivity index (χ1v) is 10.8. The summed E-state index contributed by atoms with van der Waals surface area (Å²) in [7, 11) is 0. The fraction of sp³-hybridized carbons (Fsp3) is 0.417. The number of Topliss-reactive ketones (excluding diaryl/α,β-unsaturated/α-hetero) is 1. The first kappa shape index (κ1) is 22.5. The maximum Gasteiger partial charge on any atom is 0.338 e. The number of piperidine rings is 1. The van der Waals surface area contributed by atoms with Gasteiger partial charge < -0.3 is 9.64 Å². The minimum absolute atomic E-state index is 0.0679. The molecule has 31 heavy (non-hydrogen) atoms. The minimum Gasteiger partial charge on any atom is -0.454 e. The highest BCUT2D eigenvalue weighted by molar-refractivity contribution is 6.00. The van der Waals surface area contributed by atoms with Crippen molar-refractivity contribution in [2.24, 2.45) is 0 Å². The zero-order chi connectivity index (χ0) is 22.4. The lowest BCUT2D eigenvalue weighted by Gasteiger charge is -2.28. The SMILES string of the molecule is CCc1ccc(CC)c(C(=O)COC(=O)c2ccc(N3CCCCC3)c([N+](=O)[O-])c2)c1. The first-order valence-electron chi connectivity index (χ1n) is 10.8. The van der Waals surface area contributed by atoms with E-state index in [9.17, 15) is 19.7 Å². The van der Waals surface area contributed by atoms with E-state index in [-0.39, 0.29) is 17.0 Å². The summed E-state index contributed by atoms with van der Waals surface area (Å²) in [5.74, 6) is -1.02. The molecule has 164 valence electrons. The third-order valence-electron chi connectivity index (χ3n) is 5.70. The van der Waals surface area contributed by atoms with Crippen LogP contribution in [-0.4, -0.2) is 36.4 Å². The van der Waals surface area contributed by atoms with Crippen LogP contribution in [0.3, 0.4) is 0 Å². The third kappa shape index (κ3) is 5.29. The second-order valence-electron chi connectivity index (χ2n) is 7.71. The molecule has 0 N–H and O–H groups in total. The van der Waals surface area contributed by atoms with Gasteiger partial charge in [0, 0.05) is 24.7 Å². The van der Waals surface area contributed by atoms with E-state index < -0.39 is 17.5 Å². The molecule has 2 aromatic rings. The van der Waals surface area contributed by atoms with E-state index in [1.807, 2.05) is 36.9 Å². The number of ketones is 1. The summed E-state index contributed by atoms with van der Waals surface area (Å²) < 4.78 is 5.21. The van der Waals surface area contributed by atoms with Gasteiger partial charge in [0.05, 0.1) is 10.5 Å². The van der Waals surface area contributed by atoms with Gasteiger partial charge in [-0.3, -0.25) is 14.9 Å². The largest absolute Gasteiger partial charge is 0.454 e. The highest BCUT2D eigenvalue weighted by Crippen LogP contribution is 2.31. The standard InChI is InChI=1S/C24H28N2O5/c1-3-17-8-9-18(4-2)20(14-17)23(27)16-31-24(28)19-10-11-21(22(15-19)26(29)30)25-12-6-5-7-13-25/h8-11,14-15H,3-7,12-13,16H2,1-2H3. The van der Waals surface area contributed by atoms with E-state index in [4.69, 9.17) is 4.74 Å². The molecule has 0 aromatic heterocycles. The Kier molecular flexibility index (Phi) is 7.39. The summed E-state index contributed by atoms with van der Waals surface area (Å²) in [5.41, 5.74) is 2.96. The van der Waals surface area contributed by atoms with Crippen molar-refractivity contribution in [1.29, 1.82) is 0 Å². The summed E-state index contributed by atoms with van der Waals surface area (Å²) in [6, 6.07) is 10.1. The Morgan fingerprint density at radius 2 is 1.77 bits per heavy atom. The molecule has 0 aliphatic carbocycles. The molecular formula is C24H28N2O5. The van der Waals surface area contributed by atoms with Gasteiger partial charge in [-0.1, -0.05) is 26.0 Å². The number of carbonyl (C=O) groups is 2. The molecule has 1 fully saturated rings. The molecule has 2 aromatic carbocycles. The molecule has 0 saturated carbocycles. The fourth-order valence-electron chi connectivity index (χ4n) is 3.90. The molecule has 1 heterocycles. The van der Waals surface area contributed by atoms with Gasteiger partial charge in [-0.05, 0) is 61.4 Å². The van der Waals surface area contributed by atoms with Crippen LogP contribution < -0.4 is 4.90 Å². The van der Waals surface area contributed by atoms with Crippen LogP contribution in [0.15, 0.2) is 36.4 Å². The number of carbonyl (C=O) groups excluding carboxylic acids is 2. The van der Waals surface area contributed by atoms with Crippen LogP contribution in [-0.2, 0) is 17.6 Å². The van der Waals surface area contributed by atoms with Crippen LogP contribution in [0.1, 0.15) is 65.0 Å². The van der Waals surface area contributed by atoms with Crippen molar-refractivity contribution in [3.63, 3.8) is 0 Å². The summed E-state index contributed by atoms with van der Waals surface area (Å²) in [5, 5.41) is 11.6. The Morgan fingerprint density at radius 1 is 1.03 bits per heavy atom. The van der Waals surface area contributed by atoms with Gasteiger partial charge in [-0.2, -0.15) is 0 Å². The highest BCUT2D eigenvalue weighted by atomic mass is 16.6. The second kappa shape index (κ2) is 10.2. The van der Waals surface area contributed by atoms with Gasteiger partial charge in [-0.25, -0.2) is 4.79 Å². The van der Waals surface area contributed by atoms with Crippen LogP contribution in [0.25, 0.3) is 0 Å². The number of esters is 1. The zero-order valence-corrected chi connectivity index (χ0v) is 18.1. The molecule has 1 aliphatic rings. The number of nitrogens with zero attached hydrogens (tertiary/aromatic N) is 2. The first-order chi connectivity index (χ1) is 14.9. The van der Waals surface area contributed by atoms with E-state index in [1.54, 1.807) is 6.07 Å². The highest BCUT2D eigenvalue weighted by Gasteiger charge is 2.24. The summed E-state index contributed by atoms with van der Waals surface area (Å²) in [6.07, 6.45) is 4.59. The Balaban J connectivity index is 1.74. The molecule has 0 bridgehead atoms. The lowest BCUT2D eigenvalue weighted by atomic mass is 9.98. The van der Waals surface area contributed by atoms with Crippen LogP contribution in [0, 0.1) is 10.1 Å². The average molecular weight is 424 g/mol. The molecular weight excluding hydrogens is 396 g/mol. The summed E-state index contributed by atoms with van der Waals surface area (Å²) in [6.45, 7) is 5.09. The maximum atomic E-state index is 12.7. The number of hydrogen-bond donors (Lipinski definition) is 0. The monoisotopic (exact) mass is 424 g/mol. The molecule has 7 heteroatoms. The summed E-state index contributed by atoms with van der Waals surface area (Å²) in [4.78, 5) is 38.3. The predicted octanol–water partition coefficient (Wildman–Crippen LogP) is 4.75. The molecule has 0 radical (unpaired) electrons. The van der Waals surface area contributed by atoms with E-state index >= 15 is 0 Å². The second-order valence-corrected chi connectivity index (χ2v) is 7.71. The van der Waals surface area contributed by atoms with Crippen LogP contribution in [0.2, 0.25) is 0 Å². The summed E-state index contributed by atoms with van der Waals surface area (Å²) >= 11 is 0. The minimum atomic E-state index is -0.744. The Bertz CT molecular complexity index is 980. The third-order valence-corrected chi connectivity index (χ3v) is 5.70. The number of rotatable bonds is 8. The van der Waals surface area contributed by atoms with Crippen molar-refractivity contribution in [2.75, 3.05) is 24.6 Å². The number of benzene rings is 2. The van der Waals surface area contributed by atoms with Gasteiger partial charge in [0.2, 0.25) is 5.78 Å². The van der Waals surface area contributed by atoms with Crippen LogP contribution in [0.5, 0.6) is 0 Å². The zero-order valence-electron chi connectivity index (χ0n) is 18.1. The number of nitro groups is 1. The predicted molar refractivity (Wildman–Crippen MR) is 119 cm³/mol. The van der Waals surface area contributed by atoms with Crippen LogP contribution >= 0.6 is 0 Å². The molecule has 0 unspecified atom stereocenters. The van der Waals surface area contributed by atoms with Crippen molar-refractivity contribution in [2.45, 2.75) is 46.0 Å². The van der Waals surface area contributed by atoms with Crippen molar-refractivity contribution in [3.8, 4) is 0 Å². The van der Waals surface area contributed by atoms with Gasteiger partial charge >= 0.3 is 5.97 Å². The van der Waals surface area contributed by atoms with Gasteiger partial charge in [-0.15, -0.1) is 0 Å². The molecule has 0 spiro atoms. The Morgan fingerprint density at radius 3 is 2.42 bits per heavy atom. The quantitative estimate of drug-likeness (QED) is 0.263. The Hall–Kier alpha value is -3.22. The van der Waals surface area contributed by atoms with Crippen molar-refractivity contribution in [1.82, 2.24) is 0 Å². The molecule has 3 rings (SSSR count). The molecule has 0 amide bonds. The lowest BCUT2D eigenvalue weighted by molar-refractivity contribution is -0.384. The van der Waals surface area contributed by atoms with Crippen LogP contribution in [0.4, 0.5) is 11.4 Å². The molecule has 7 nitrogen and oxygen atoms in total. The van der Waals surface area contributed by atoms with Crippen molar-refractivity contribution in [3.05, 3.63) is 68.8 Å². The number of ether oxygens (including phenoxy) is 1. The van der Waals surface area contributed by atoms with Gasteiger partial charge in [0.15, 0.2) is 6.61 Å². The Labute approximate surface area is 182 Å². The van der Waals surface area contributed by atoms with Crippen molar-refractivity contribution >= 4 is 23.1 Å². The molecule has 1 aliphatic heterocycles. The lowest BCUT2D eigenvalue weighted by Crippen LogP contribution is -2.30. The average Bonchev–Trinajstić information content (AvgIpc) is 2.81. The van der Waals surface area contributed by atoms with E-state index in [2.05, 4.69) is 0 Å². The number of aryl methyl sites for hydroxylation is 2. The van der Waals surface area contributed by atoms with Gasteiger partial charge in [0.1, 0.15) is 5.69 Å². The topological polar surface area (TPSA) is 89.8 Å². The smallest absolute Gasteiger partial charge is 0.338 e. The molecule has 1 saturated heterocycles. The number of hydrogen-bond acceptors (Lipinski definition) is 6.